The van der Waals surface area contributed by atoms with E-state index in [-0.39, 0.29) is 17.9 Å². The molecule has 2 aliphatic heterocycles. The van der Waals surface area contributed by atoms with Gasteiger partial charge in [-0.1, -0.05) is 6.07 Å². The van der Waals surface area contributed by atoms with Crippen molar-refractivity contribution in [1.29, 1.82) is 0 Å². The van der Waals surface area contributed by atoms with E-state index < -0.39 is 0 Å². The van der Waals surface area contributed by atoms with Crippen LogP contribution in [0.4, 0.5) is 5.69 Å². The predicted octanol–water partition coefficient (Wildman–Crippen LogP) is 0.240. The van der Waals surface area contributed by atoms with Crippen LogP contribution in [0.15, 0.2) is 18.2 Å². The summed E-state index contributed by atoms with van der Waals surface area (Å²) in [7, 11) is 0. The molecule has 0 bridgehead atoms. The second kappa shape index (κ2) is 7.84. The minimum Gasteiger partial charge on any atom is -0.399 e. The highest BCUT2D eigenvalue weighted by atomic mass is 16.5. The van der Waals surface area contributed by atoms with Crippen molar-refractivity contribution < 1.29 is 14.3 Å². The van der Waals surface area contributed by atoms with E-state index in [4.69, 9.17) is 10.5 Å². The van der Waals surface area contributed by atoms with E-state index in [1.54, 1.807) is 12.1 Å². The number of rotatable bonds is 5. The Morgan fingerprint density at radius 1 is 1.32 bits per heavy atom. The summed E-state index contributed by atoms with van der Waals surface area (Å²) in [6.07, 6.45) is 0.357. The van der Waals surface area contributed by atoms with Gasteiger partial charge in [0.15, 0.2) is 0 Å². The van der Waals surface area contributed by atoms with Crippen molar-refractivity contribution in [2.24, 2.45) is 0 Å². The van der Waals surface area contributed by atoms with E-state index >= 15 is 0 Å². The molecule has 7 heteroatoms. The molecule has 0 aliphatic carbocycles. The first-order valence-electron chi connectivity index (χ1n) is 8.78. The molecular formula is C18H26N4O3. The number of likely N-dealkylation sites (tertiary alicyclic amines) is 1. The molecule has 0 aromatic heterocycles. The number of carbonyl (C=O) groups is 2. The largest absolute Gasteiger partial charge is 0.399 e. The van der Waals surface area contributed by atoms with Crippen molar-refractivity contribution in [2.45, 2.75) is 19.4 Å². The highest BCUT2D eigenvalue weighted by Gasteiger charge is 2.31. The molecule has 2 aliphatic rings. The summed E-state index contributed by atoms with van der Waals surface area (Å²) in [5, 5.41) is 2.97. The number of hydrogen-bond acceptors (Lipinski definition) is 5. The minimum absolute atomic E-state index is 0.0999. The van der Waals surface area contributed by atoms with Crippen molar-refractivity contribution in [3.8, 4) is 0 Å². The second-order valence-corrected chi connectivity index (χ2v) is 6.74. The first kappa shape index (κ1) is 17.7. The fraction of sp³-hybridized carbons (Fsp3) is 0.556. The topological polar surface area (TPSA) is 87.9 Å². The van der Waals surface area contributed by atoms with E-state index in [1.807, 2.05) is 17.9 Å². The molecule has 25 heavy (non-hydrogen) atoms. The van der Waals surface area contributed by atoms with E-state index in [0.29, 0.717) is 30.8 Å². The lowest BCUT2D eigenvalue weighted by Gasteiger charge is -2.28. The van der Waals surface area contributed by atoms with Gasteiger partial charge in [0, 0.05) is 50.4 Å². The Balaban J connectivity index is 1.51. The lowest BCUT2D eigenvalue weighted by molar-refractivity contribution is -0.128. The van der Waals surface area contributed by atoms with Gasteiger partial charge in [-0.2, -0.15) is 0 Å². The van der Waals surface area contributed by atoms with Crippen LogP contribution in [-0.2, 0) is 9.53 Å². The number of aryl methyl sites for hydroxylation is 1. The van der Waals surface area contributed by atoms with Crippen LogP contribution in [0.25, 0.3) is 0 Å². The zero-order chi connectivity index (χ0) is 17.8. The molecule has 0 saturated carbocycles. The molecule has 1 unspecified atom stereocenters. The van der Waals surface area contributed by atoms with Gasteiger partial charge in [-0.3, -0.25) is 14.5 Å². The van der Waals surface area contributed by atoms with Gasteiger partial charge >= 0.3 is 0 Å². The highest BCUT2D eigenvalue weighted by molar-refractivity contribution is 5.97. The SMILES string of the molecule is Cc1ccc(N)cc1C(=O)NC1CC(=O)N(CCN2CCOCC2)C1. The van der Waals surface area contributed by atoms with Gasteiger partial charge in [0.1, 0.15) is 0 Å². The number of morpholine rings is 1. The summed E-state index contributed by atoms with van der Waals surface area (Å²) in [6.45, 7) is 7.33. The summed E-state index contributed by atoms with van der Waals surface area (Å²) in [6, 6.07) is 5.14. The lowest BCUT2D eigenvalue weighted by atomic mass is 10.1. The molecule has 0 spiro atoms. The van der Waals surface area contributed by atoms with Crippen molar-refractivity contribution in [2.75, 3.05) is 51.7 Å². The number of hydrogen-bond donors (Lipinski definition) is 2. The van der Waals surface area contributed by atoms with Crippen molar-refractivity contribution in [3.05, 3.63) is 29.3 Å². The summed E-state index contributed by atoms with van der Waals surface area (Å²) in [5.41, 5.74) is 7.78. The number of nitrogens with two attached hydrogens (primary N) is 1. The smallest absolute Gasteiger partial charge is 0.251 e. The molecule has 136 valence electrons. The van der Waals surface area contributed by atoms with Crippen LogP contribution in [0.3, 0.4) is 0 Å². The van der Waals surface area contributed by atoms with Gasteiger partial charge in [0.2, 0.25) is 5.91 Å². The Labute approximate surface area is 148 Å². The molecule has 2 saturated heterocycles. The van der Waals surface area contributed by atoms with Crippen LogP contribution >= 0.6 is 0 Å². The van der Waals surface area contributed by atoms with E-state index in [0.717, 1.165) is 38.4 Å². The van der Waals surface area contributed by atoms with Gasteiger partial charge in [-0.15, -0.1) is 0 Å². The van der Waals surface area contributed by atoms with Crippen LogP contribution in [0, 0.1) is 6.92 Å². The number of amides is 2. The molecule has 1 aromatic carbocycles. The van der Waals surface area contributed by atoms with E-state index in [2.05, 4.69) is 10.2 Å². The van der Waals surface area contributed by atoms with Gasteiger partial charge < -0.3 is 20.7 Å². The maximum absolute atomic E-state index is 12.5. The second-order valence-electron chi connectivity index (χ2n) is 6.74. The summed E-state index contributed by atoms with van der Waals surface area (Å²) in [4.78, 5) is 28.8. The average molecular weight is 346 g/mol. The Bertz CT molecular complexity index is 643. The minimum atomic E-state index is -0.169. The molecule has 2 amide bonds. The average Bonchev–Trinajstić information content (AvgIpc) is 2.95. The van der Waals surface area contributed by atoms with Crippen molar-refractivity contribution in [1.82, 2.24) is 15.1 Å². The third-order valence-electron chi connectivity index (χ3n) is 4.85. The van der Waals surface area contributed by atoms with Crippen LogP contribution in [-0.4, -0.2) is 73.6 Å². The molecule has 7 nitrogen and oxygen atoms in total. The third-order valence-corrected chi connectivity index (χ3v) is 4.85. The molecule has 1 aromatic rings. The van der Waals surface area contributed by atoms with Crippen molar-refractivity contribution in [3.63, 3.8) is 0 Å². The Hall–Kier alpha value is -2.12. The third kappa shape index (κ3) is 4.49. The Morgan fingerprint density at radius 2 is 2.08 bits per heavy atom. The fourth-order valence-corrected chi connectivity index (χ4v) is 3.32. The number of nitrogens with zero attached hydrogens (tertiary/aromatic N) is 2. The monoisotopic (exact) mass is 346 g/mol. The normalized spacial score (nSPS) is 21.6. The van der Waals surface area contributed by atoms with Gasteiger partial charge in [-0.05, 0) is 24.6 Å². The molecule has 2 heterocycles. The highest BCUT2D eigenvalue weighted by Crippen LogP contribution is 2.15. The summed E-state index contributed by atoms with van der Waals surface area (Å²) < 4.78 is 5.33. The lowest BCUT2D eigenvalue weighted by Crippen LogP contribution is -2.43. The molecular weight excluding hydrogens is 320 g/mol. The van der Waals surface area contributed by atoms with E-state index in [1.165, 1.54) is 0 Å². The fourth-order valence-electron chi connectivity index (χ4n) is 3.32. The van der Waals surface area contributed by atoms with Gasteiger partial charge in [0.25, 0.3) is 5.91 Å². The predicted molar refractivity (Wildman–Crippen MR) is 95.3 cm³/mol. The number of anilines is 1. The number of benzene rings is 1. The van der Waals surface area contributed by atoms with Crippen molar-refractivity contribution >= 4 is 17.5 Å². The standard InChI is InChI=1S/C18H26N4O3/c1-13-2-3-14(19)10-16(13)18(24)20-15-11-17(23)22(12-15)5-4-21-6-8-25-9-7-21/h2-3,10,15H,4-9,11-12,19H2,1H3,(H,20,24). The van der Waals surface area contributed by atoms with Crippen LogP contribution < -0.4 is 11.1 Å². The van der Waals surface area contributed by atoms with Gasteiger partial charge in [-0.25, -0.2) is 0 Å². The molecule has 3 rings (SSSR count). The molecule has 1 atom stereocenters. The molecule has 0 radical (unpaired) electrons. The first-order valence-corrected chi connectivity index (χ1v) is 8.78. The maximum atomic E-state index is 12.5. The summed E-state index contributed by atoms with van der Waals surface area (Å²) in [5.74, 6) is -0.0690. The van der Waals surface area contributed by atoms with Crippen LogP contribution in [0.1, 0.15) is 22.3 Å². The number of ether oxygens (including phenoxy) is 1. The molecule has 2 fully saturated rings. The number of nitrogen functional groups attached to an aromatic ring is 1. The van der Waals surface area contributed by atoms with Crippen LogP contribution in [0.2, 0.25) is 0 Å². The Kier molecular flexibility index (Phi) is 5.55. The quantitative estimate of drug-likeness (QED) is 0.746. The van der Waals surface area contributed by atoms with Crippen LogP contribution in [0.5, 0.6) is 0 Å². The first-order chi connectivity index (χ1) is 12.0. The number of carbonyl (C=O) groups excluding carboxylic acids is 2. The zero-order valence-electron chi connectivity index (χ0n) is 14.7. The van der Waals surface area contributed by atoms with E-state index in [9.17, 15) is 9.59 Å². The molecule has 3 N–H and O–H groups in total. The van der Waals surface area contributed by atoms with Gasteiger partial charge in [0.05, 0.1) is 19.3 Å². The Morgan fingerprint density at radius 3 is 2.84 bits per heavy atom. The summed E-state index contributed by atoms with van der Waals surface area (Å²) >= 11 is 0. The maximum Gasteiger partial charge on any atom is 0.251 e. The zero-order valence-corrected chi connectivity index (χ0v) is 14.7. The number of nitrogens with one attached hydrogen (secondary N) is 1.